The number of azide groups is 1. The van der Waals surface area contributed by atoms with Gasteiger partial charge in [0.2, 0.25) is 5.91 Å². The Kier molecular flexibility index (Phi) is 10.7. The Hall–Kier alpha value is -1.54. The van der Waals surface area contributed by atoms with Crippen LogP contribution in [-0.4, -0.2) is 112 Å². The van der Waals surface area contributed by atoms with Crippen LogP contribution in [0, 0.1) is 0 Å². The largest absolute Gasteiger partial charge is 0.388 e. The number of aliphatic hydroxyl groups excluding tert-OH is 2. The SMILES string of the molecule is CC(=O)N[C@@]1(COCCOCCOCCOCCN=[N+]=[N-])[C@H]2OC[C@H](O2)[C@H](O)[C@@H]1O. The molecule has 0 aromatic rings. The number of rotatable bonds is 15. The Bertz CT molecular complexity index is 577. The molecule has 0 aromatic heterocycles. The van der Waals surface area contributed by atoms with Gasteiger partial charge in [-0.15, -0.1) is 0 Å². The maximum Gasteiger partial charge on any atom is 0.217 e. The molecule has 2 rings (SSSR count). The van der Waals surface area contributed by atoms with Gasteiger partial charge in [-0.25, -0.2) is 0 Å². The number of hydrogen-bond acceptors (Lipinski definition) is 10. The molecule has 2 bridgehead atoms. The molecule has 0 radical (unpaired) electrons. The Morgan fingerprint density at radius 1 is 1.13 bits per heavy atom. The first kappa shape index (κ1) is 24.7. The van der Waals surface area contributed by atoms with Crippen LogP contribution in [0.3, 0.4) is 0 Å². The predicted molar refractivity (Wildman–Crippen MR) is 100 cm³/mol. The van der Waals surface area contributed by atoms with E-state index in [0.29, 0.717) is 39.6 Å². The summed E-state index contributed by atoms with van der Waals surface area (Å²) in [4.78, 5) is 14.3. The zero-order chi connectivity index (χ0) is 21.8. The van der Waals surface area contributed by atoms with E-state index < -0.39 is 36.0 Å². The summed E-state index contributed by atoms with van der Waals surface area (Å²) in [6.45, 7) is 3.97. The lowest BCUT2D eigenvalue weighted by Crippen LogP contribution is -2.72. The second-order valence-electron chi connectivity index (χ2n) is 6.84. The summed E-state index contributed by atoms with van der Waals surface area (Å²) >= 11 is 0. The molecule has 2 saturated heterocycles. The molecule has 0 aliphatic carbocycles. The molecule has 3 N–H and O–H groups in total. The highest BCUT2D eigenvalue weighted by atomic mass is 16.7. The number of carbonyl (C=O) groups is 1. The molecule has 0 unspecified atom stereocenters. The van der Waals surface area contributed by atoms with Crippen LogP contribution >= 0.6 is 0 Å². The lowest BCUT2D eigenvalue weighted by molar-refractivity contribution is -0.236. The van der Waals surface area contributed by atoms with Gasteiger partial charge in [0.25, 0.3) is 0 Å². The summed E-state index contributed by atoms with van der Waals surface area (Å²) in [6, 6.07) is 0. The molecule has 2 fully saturated rings. The highest BCUT2D eigenvalue weighted by molar-refractivity contribution is 5.74. The summed E-state index contributed by atoms with van der Waals surface area (Å²) in [5.74, 6) is -0.405. The van der Waals surface area contributed by atoms with Crippen LogP contribution in [0.25, 0.3) is 10.4 Å². The van der Waals surface area contributed by atoms with E-state index in [1.807, 2.05) is 0 Å². The molecule has 1 amide bonds. The number of ether oxygens (including phenoxy) is 6. The van der Waals surface area contributed by atoms with Gasteiger partial charge in [-0.2, -0.15) is 0 Å². The number of fused-ring (bicyclic) bond motifs is 2. The predicted octanol–water partition coefficient (Wildman–Crippen LogP) is -1.29. The van der Waals surface area contributed by atoms with Gasteiger partial charge < -0.3 is 44.0 Å². The average molecular weight is 434 g/mol. The van der Waals surface area contributed by atoms with E-state index in [9.17, 15) is 15.0 Å². The Morgan fingerprint density at radius 2 is 1.73 bits per heavy atom. The van der Waals surface area contributed by atoms with Gasteiger partial charge in [0, 0.05) is 18.4 Å². The zero-order valence-electron chi connectivity index (χ0n) is 17.0. The number of hydrogen-bond donors (Lipinski definition) is 3. The molecular weight excluding hydrogens is 404 g/mol. The van der Waals surface area contributed by atoms with Crippen molar-refractivity contribution in [3.8, 4) is 0 Å². The van der Waals surface area contributed by atoms with Crippen LogP contribution in [0.4, 0.5) is 0 Å². The molecule has 30 heavy (non-hydrogen) atoms. The fourth-order valence-electron chi connectivity index (χ4n) is 3.22. The van der Waals surface area contributed by atoms with Crippen LogP contribution in [0.2, 0.25) is 0 Å². The van der Waals surface area contributed by atoms with Gasteiger partial charge >= 0.3 is 0 Å². The summed E-state index contributed by atoms with van der Waals surface area (Å²) in [7, 11) is 0. The van der Waals surface area contributed by atoms with Gasteiger partial charge in [-0.1, -0.05) is 5.11 Å². The van der Waals surface area contributed by atoms with E-state index in [1.165, 1.54) is 6.92 Å². The van der Waals surface area contributed by atoms with Crippen LogP contribution in [0.1, 0.15) is 6.92 Å². The molecule has 13 heteroatoms. The monoisotopic (exact) mass is 434 g/mol. The lowest BCUT2D eigenvalue weighted by atomic mass is 9.85. The minimum Gasteiger partial charge on any atom is -0.388 e. The van der Waals surface area contributed by atoms with E-state index >= 15 is 0 Å². The zero-order valence-corrected chi connectivity index (χ0v) is 17.0. The fraction of sp³-hybridized carbons (Fsp3) is 0.941. The Morgan fingerprint density at radius 3 is 2.33 bits per heavy atom. The van der Waals surface area contributed by atoms with Crippen molar-refractivity contribution in [3.05, 3.63) is 10.4 Å². The highest BCUT2D eigenvalue weighted by Gasteiger charge is 2.60. The summed E-state index contributed by atoms with van der Waals surface area (Å²) < 4.78 is 32.5. The van der Waals surface area contributed by atoms with E-state index in [-0.39, 0.29) is 26.4 Å². The summed E-state index contributed by atoms with van der Waals surface area (Å²) in [5.41, 5.74) is 6.71. The van der Waals surface area contributed by atoms with Crippen LogP contribution < -0.4 is 5.32 Å². The normalized spacial score (nSPS) is 30.1. The molecule has 2 aliphatic heterocycles. The number of aliphatic hydroxyl groups is 2. The van der Waals surface area contributed by atoms with Crippen molar-refractivity contribution in [2.24, 2.45) is 5.11 Å². The molecule has 172 valence electrons. The van der Waals surface area contributed by atoms with Gasteiger partial charge in [-0.05, 0) is 5.53 Å². The van der Waals surface area contributed by atoms with Gasteiger partial charge in [0.15, 0.2) is 6.29 Å². The first-order chi connectivity index (χ1) is 14.5. The maximum absolute atomic E-state index is 11.7. The topological polar surface area (TPSA) is 174 Å². The molecule has 0 aromatic carbocycles. The molecule has 13 nitrogen and oxygen atoms in total. The first-order valence-corrected chi connectivity index (χ1v) is 9.75. The lowest BCUT2D eigenvalue weighted by Gasteiger charge is -2.46. The van der Waals surface area contributed by atoms with E-state index in [2.05, 4.69) is 15.3 Å². The summed E-state index contributed by atoms with van der Waals surface area (Å²) in [5, 5.41) is 26.7. The van der Waals surface area contributed by atoms with Crippen molar-refractivity contribution >= 4 is 5.91 Å². The Balaban J connectivity index is 1.58. The van der Waals surface area contributed by atoms with E-state index in [4.69, 9.17) is 34.0 Å². The highest BCUT2D eigenvalue weighted by Crippen LogP contribution is 2.36. The van der Waals surface area contributed by atoms with Crippen molar-refractivity contribution in [3.63, 3.8) is 0 Å². The number of amides is 1. The third-order valence-corrected chi connectivity index (χ3v) is 4.63. The van der Waals surface area contributed by atoms with E-state index in [1.54, 1.807) is 0 Å². The third-order valence-electron chi connectivity index (χ3n) is 4.63. The number of nitrogens with zero attached hydrogens (tertiary/aromatic N) is 3. The minimum absolute atomic E-state index is 0.116. The van der Waals surface area contributed by atoms with Gasteiger partial charge in [-0.3, -0.25) is 4.79 Å². The molecule has 0 saturated carbocycles. The minimum atomic E-state index is -1.40. The Labute approximate surface area is 174 Å². The smallest absolute Gasteiger partial charge is 0.217 e. The van der Waals surface area contributed by atoms with Crippen molar-refractivity contribution in [1.29, 1.82) is 0 Å². The van der Waals surface area contributed by atoms with Gasteiger partial charge in [0.05, 0.1) is 59.5 Å². The first-order valence-electron chi connectivity index (χ1n) is 9.75. The molecule has 2 aliphatic rings. The fourth-order valence-corrected chi connectivity index (χ4v) is 3.22. The molecular formula is C17H30N4O9. The van der Waals surface area contributed by atoms with Crippen molar-refractivity contribution in [2.75, 3.05) is 66.0 Å². The third kappa shape index (κ3) is 7.01. The van der Waals surface area contributed by atoms with Crippen LogP contribution in [-0.2, 0) is 33.2 Å². The maximum atomic E-state index is 11.7. The molecule has 5 atom stereocenters. The van der Waals surface area contributed by atoms with Crippen molar-refractivity contribution < 1.29 is 43.4 Å². The average Bonchev–Trinajstić information content (AvgIpc) is 3.19. The van der Waals surface area contributed by atoms with Crippen LogP contribution in [0.15, 0.2) is 5.11 Å². The number of carbonyl (C=O) groups excluding carboxylic acids is 1. The standard InChI is InChI=1S/C17H30N4O9/c1-12(22)20-17(15(24)14(23)13-10-29-16(17)30-13)11-28-9-8-27-7-6-26-5-4-25-3-2-19-21-18/h13-16,23-24H,2-11H2,1H3,(H,20,22)/t13-,14-,15-,16-,17+/m0/s1. The second-order valence-corrected chi connectivity index (χ2v) is 6.84. The van der Waals surface area contributed by atoms with E-state index in [0.717, 1.165) is 0 Å². The quantitative estimate of drug-likeness (QED) is 0.123. The van der Waals surface area contributed by atoms with Gasteiger partial charge in [0.1, 0.15) is 23.9 Å². The summed E-state index contributed by atoms with van der Waals surface area (Å²) in [6.07, 6.45) is -4.04. The number of nitrogens with one attached hydrogen (secondary N) is 1. The van der Waals surface area contributed by atoms with Crippen molar-refractivity contribution in [1.82, 2.24) is 5.32 Å². The second kappa shape index (κ2) is 13.0. The van der Waals surface area contributed by atoms with Crippen LogP contribution in [0.5, 0.6) is 0 Å². The molecule has 2 heterocycles. The van der Waals surface area contributed by atoms with Crippen molar-refractivity contribution in [2.45, 2.75) is 37.1 Å². The molecule has 0 spiro atoms.